The maximum Gasteiger partial charge on any atom is 0.338 e. The maximum atomic E-state index is 12.5. The SMILES string of the molecule is CSc1nn(-c2ccc(C(=O)OCc3cc([N+](=O)[O-])cc4c3OCOC4)cc2)c(=S)s1. The standard InChI is InChI=1S/C19H15N3O6S3/c1-30-18-20-21(19(29)31-18)14-4-2-11(3-5-14)17(23)27-9-13-7-15(22(24)25)6-12-8-26-10-28-16(12)13/h2-7H,8-10H2,1H3. The molecule has 0 unspecified atom stereocenters. The van der Waals surface area contributed by atoms with Crippen LogP contribution in [0, 0.1) is 14.1 Å². The van der Waals surface area contributed by atoms with Gasteiger partial charge in [0.1, 0.15) is 12.4 Å². The number of thioether (sulfide) groups is 1. The summed E-state index contributed by atoms with van der Waals surface area (Å²) in [6, 6.07) is 9.42. The number of rotatable bonds is 6. The summed E-state index contributed by atoms with van der Waals surface area (Å²) in [6.07, 6.45) is 1.92. The van der Waals surface area contributed by atoms with E-state index in [9.17, 15) is 14.9 Å². The Morgan fingerprint density at radius 2 is 2.16 bits per heavy atom. The van der Waals surface area contributed by atoms with Crippen LogP contribution in [-0.2, 0) is 22.7 Å². The lowest BCUT2D eigenvalue weighted by atomic mass is 10.1. The summed E-state index contributed by atoms with van der Waals surface area (Å²) in [4.78, 5) is 23.2. The van der Waals surface area contributed by atoms with Gasteiger partial charge in [-0.05, 0) is 42.7 Å². The first-order valence-electron chi connectivity index (χ1n) is 8.88. The minimum Gasteiger partial charge on any atom is -0.467 e. The molecule has 0 atom stereocenters. The third-order valence-electron chi connectivity index (χ3n) is 4.39. The van der Waals surface area contributed by atoms with Gasteiger partial charge >= 0.3 is 5.97 Å². The molecule has 0 saturated carbocycles. The molecule has 31 heavy (non-hydrogen) atoms. The van der Waals surface area contributed by atoms with E-state index in [2.05, 4.69) is 5.10 Å². The predicted octanol–water partition coefficient (Wildman–Crippen LogP) is 4.52. The van der Waals surface area contributed by atoms with Gasteiger partial charge in [-0.3, -0.25) is 10.1 Å². The Labute approximate surface area is 189 Å². The molecular formula is C19H15N3O6S3. The van der Waals surface area contributed by atoms with Crippen LogP contribution in [0.25, 0.3) is 5.69 Å². The molecule has 0 radical (unpaired) electrons. The molecule has 0 bridgehead atoms. The van der Waals surface area contributed by atoms with Gasteiger partial charge in [0.05, 0.1) is 22.8 Å². The molecule has 0 N–H and O–H groups in total. The normalized spacial score (nSPS) is 12.7. The number of hydrogen-bond acceptors (Lipinski definition) is 10. The first kappa shape index (κ1) is 21.4. The minimum atomic E-state index is -0.564. The van der Waals surface area contributed by atoms with Gasteiger partial charge in [-0.15, -0.1) is 5.10 Å². The zero-order chi connectivity index (χ0) is 22.0. The van der Waals surface area contributed by atoms with Crippen molar-refractivity contribution in [3.63, 3.8) is 0 Å². The summed E-state index contributed by atoms with van der Waals surface area (Å²) in [7, 11) is 0. The van der Waals surface area contributed by atoms with Crippen LogP contribution in [0.1, 0.15) is 21.5 Å². The van der Waals surface area contributed by atoms with Crippen molar-refractivity contribution in [3.8, 4) is 11.4 Å². The summed E-state index contributed by atoms with van der Waals surface area (Å²) >= 11 is 8.24. The van der Waals surface area contributed by atoms with Gasteiger partial charge in [0.15, 0.2) is 15.1 Å². The number of fused-ring (bicyclic) bond motifs is 1. The van der Waals surface area contributed by atoms with E-state index in [1.165, 1.54) is 35.2 Å². The Morgan fingerprint density at radius 3 is 2.84 bits per heavy atom. The van der Waals surface area contributed by atoms with E-state index in [1.54, 1.807) is 28.9 Å². The summed E-state index contributed by atoms with van der Waals surface area (Å²) in [5, 5.41) is 15.6. The highest BCUT2D eigenvalue weighted by atomic mass is 32.2. The van der Waals surface area contributed by atoms with Crippen molar-refractivity contribution in [3.05, 3.63) is 67.2 Å². The number of nitro groups is 1. The molecular weight excluding hydrogens is 462 g/mol. The molecule has 0 spiro atoms. The Balaban J connectivity index is 1.50. The third kappa shape index (κ3) is 4.61. The van der Waals surface area contributed by atoms with Gasteiger partial charge in [0, 0.05) is 23.3 Å². The fourth-order valence-electron chi connectivity index (χ4n) is 2.97. The molecule has 0 saturated heterocycles. The van der Waals surface area contributed by atoms with Gasteiger partial charge in [0.2, 0.25) is 0 Å². The molecule has 1 aliphatic rings. The number of non-ortho nitro benzene ring substituents is 1. The van der Waals surface area contributed by atoms with Crippen molar-refractivity contribution in [2.24, 2.45) is 0 Å². The van der Waals surface area contributed by atoms with Crippen LogP contribution in [0.3, 0.4) is 0 Å². The van der Waals surface area contributed by atoms with Crippen molar-refractivity contribution in [1.82, 2.24) is 9.78 Å². The van der Waals surface area contributed by atoms with Crippen molar-refractivity contribution >= 4 is 47.0 Å². The van der Waals surface area contributed by atoms with Gasteiger partial charge in [0.25, 0.3) is 5.69 Å². The first-order chi connectivity index (χ1) is 15.0. The minimum absolute atomic E-state index is 0.0323. The van der Waals surface area contributed by atoms with Crippen LogP contribution >= 0.6 is 35.3 Å². The largest absolute Gasteiger partial charge is 0.467 e. The van der Waals surface area contributed by atoms with Gasteiger partial charge in [-0.25, -0.2) is 9.48 Å². The fraction of sp³-hybridized carbons (Fsp3) is 0.211. The number of nitro benzene ring substituents is 1. The average Bonchev–Trinajstić information content (AvgIpc) is 3.17. The first-order valence-corrected chi connectivity index (χ1v) is 11.3. The average molecular weight is 478 g/mol. The second kappa shape index (κ2) is 9.14. The summed E-state index contributed by atoms with van der Waals surface area (Å²) in [5.41, 5.74) is 1.91. The van der Waals surface area contributed by atoms with Crippen LogP contribution in [0.5, 0.6) is 5.75 Å². The van der Waals surface area contributed by atoms with Crippen molar-refractivity contribution in [2.75, 3.05) is 13.0 Å². The fourth-order valence-corrected chi connectivity index (χ4v) is 4.74. The lowest BCUT2D eigenvalue weighted by Crippen LogP contribution is -2.15. The van der Waals surface area contributed by atoms with Crippen molar-refractivity contribution in [2.45, 2.75) is 17.6 Å². The molecule has 0 aliphatic carbocycles. The smallest absolute Gasteiger partial charge is 0.338 e. The van der Waals surface area contributed by atoms with Gasteiger partial charge < -0.3 is 14.2 Å². The third-order valence-corrected chi connectivity index (χ3v) is 6.60. The Morgan fingerprint density at radius 1 is 1.39 bits per heavy atom. The molecule has 9 nitrogen and oxygen atoms in total. The molecule has 0 fully saturated rings. The molecule has 3 aromatic rings. The van der Waals surface area contributed by atoms with E-state index < -0.39 is 10.9 Å². The zero-order valence-corrected chi connectivity index (χ0v) is 18.6. The molecule has 160 valence electrons. The number of esters is 1. The zero-order valence-electron chi connectivity index (χ0n) is 16.1. The lowest BCUT2D eigenvalue weighted by molar-refractivity contribution is -0.385. The summed E-state index contributed by atoms with van der Waals surface area (Å²) in [6.45, 7) is 0.0558. The van der Waals surface area contributed by atoms with Gasteiger partial charge in [-0.2, -0.15) is 0 Å². The highest BCUT2D eigenvalue weighted by molar-refractivity contribution is 8.00. The van der Waals surface area contributed by atoms with Gasteiger partial charge in [-0.1, -0.05) is 23.1 Å². The summed E-state index contributed by atoms with van der Waals surface area (Å²) < 4.78 is 19.1. The second-order valence-electron chi connectivity index (χ2n) is 6.33. The number of nitrogens with zero attached hydrogens (tertiary/aromatic N) is 3. The highest BCUT2D eigenvalue weighted by Crippen LogP contribution is 2.33. The van der Waals surface area contributed by atoms with E-state index in [-0.39, 0.29) is 25.7 Å². The number of ether oxygens (including phenoxy) is 3. The van der Waals surface area contributed by atoms with Crippen LogP contribution < -0.4 is 4.74 Å². The Hall–Kier alpha value is -2.80. The van der Waals surface area contributed by atoms with E-state index in [0.717, 1.165) is 10.0 Å². The monoisotopic (exact) mass is 477 g/mol. The topological polar surface area (TPSA) is 106 Å². The van der Waals surface area contributed by atoms with Crippen molar-refractivity contribution in [1.29, 1.82) is 0 Å². The quantitative estimate of drug-likeness (QED) is 0.167. The predicted molar refractivity (Wildman–Crippen MR) is 117 cm³/mol. The molecule has 2 heterocycles. The van der Waals surface area contributed by atoms with Crippen LogP contribution in [0.4, 0.5) is 5.69 Å². The highest BCUT2D eigenvalue weighted by Gasteiger charge is 2.22. The number of carbonyl (C=O) groups is 1. The van der Waals surface area contributed by atoms with E-state index in [1.807, 2.05) is 6.26 Å². The molecule has 12 heteroatoms. The number of aromatic nitrogens is 2. The van der Waals surface area contributed by atoms with Crippen LogP contribution in [0.15, 0.2) is 40.7 Å². The van der Waals surface area contributed by atoms with E-state index in [4.69, 9.17) is 26.4 Å². The lowest BCUT2D eigenvalue weighted by Gasteiger charge is -2.20. The maximum absolute atomic E-state index is 12.5. The molecule has 1 aliphatic heterocycles. The van der Waals surface area contributed by atoms with E-state index in [0.29, 0.717) is 26.4 Å². The Bertz CT molecular complexity index is 1210. The summed E-state index contributed by atoms with van der Waals surface area (Å²) in [5.74, 6) is -0.118. The Kier molecular flexibility index (Phi) is 6.32. The second-order valence-corrected chi connectivity index (χ2v) is 9.01. The molecule has 2 aromatic carbocycles. The van der Waals surface area contributed by atoms with Crippen LogP contribution in [0.2, 0.25) is 0 Å². The molecule has 0 amide bonds. The molecule has 1 aromatic heterocycles. The molecule has 4 rings (SSSR count). The van der Waals surface area contributed by atoms with E-state index >= 15 is 0 Å². The van der Waals surface area contributed by atoms with Crippen molar-refractivity contribution < 1.29 is 23.9 Å². The van der Waals surface area contributed by atoms with Crippen LogP contribution in [-0.4, -0.2) is 33.7 Å². The number of hydrogen-bond donors (Lipinski definition) is 0. The number of benzene rings is 2. The number of carbonyl (C=O) groups excluding carboxylic acids is 1.